The second-order valence-corrected chi connectivity index (χ2v) is 3.42. The number of hydrogen-bond acceptors (Lipinski definition) is 0. The van der Waals surface area contributed by atoms with Gasteiger partial charge in [0, 0.05) is 18.6 Å². The summed E-state index contributed by atoms with van der Waals surface area (Å²) in [7, 11) is 0. The third kappa shape index (κ3) is 3.04. The van der Waals surface area contributed by atoms with Crippen molar-refractivity contribution in [1.29, 1.82) is 0 Å². The van der Waals surface area contributed by atoms with Crippen LogP contribution in [-0.2, 0) is 6.54 Å². The summed E-state index contributed by atoms with van der Waals surface area (Å²) in [4.78, 5) is 0. The molecule has 1 rings (SSSR count). The summed E-state index contributed by atoms with van der Waals surface area (Å²) in [5, 5.41) is 0. The normalized spacial score (nSPS) is 12.8. The highest BCUT2D eigenvalue weighted by Gasteiger charge is 2.02. The molecule has 1 atom stereocenters. The fourth-order valence-corrected chi connectivity index (χ4v) is 1.16. The van der Waals surface area contributed by atoms with Gasteiger partial charge in [0.15, 0.2) is 12.4 Å². The van der Waals surface area contributed by atoms with Gasteiger partial charge in [-0.25, -0.2) is 4.57 Å². The van der Waals surface area contributed by atoms with E-state index in [2.05, 4.69) is 49.0 Å². The standard InChI is InChI=1S/C11H18N/c1-3-11(2)7-10-12-8-5-4-6-9-12/h4-6,8-9,11H,3,7,10H2,1-2H3/q+1. The number of aryl methyl sites for hydroxylation is 1. The van der Waals surface area contributed by atoms with Gasteiger partial charge in [-0.3, -0.25) is 0 Å². The zero-order valence-electron chi connectivity index (χ0n) is 8.03. The van der Waals surface area contributed by atoms with Gasteiger partial charge in [-0.05, 0) is 5.92 Å². The molecule has 1 aromatic rings. The van der Waals surface area contributed by atoms with Crippen LogP contribution in [0.1, 0.15) is 26.7 Å². The molecule has 0 saturated carbocycles. The minimum Gasteiger partial charge on any atom is -0.205 e. The molecule has 0 aromatic carbocycles. The molecule has 0 bridgehead atoms. The van der Waals surface area contributed by atoms with E-state index < -0.39 is 0 Å². The Hall–Kier alpha value is -0.850. The fraction of sp³-hybridized carbons (Fsp3) is 0.545. The highest BCUT2D eigenvalue weighted by Crippen LogP contribution is 2.04. The van der Waals surface area contributed by atoms with Crippen LogP contribution >= 0.6 is 0 Å². The molecule has 0 spiro atoms. The van der Waals surface area contributed by atoms with Crippen molar-refractivity contribution in [2.24, 2.45) is 5.92 Å². The van der Waals surface area contributed by atoms with E-state index in [1.54, 1.807) is 0 Å². The molecule has 1 aromatic heterocycles. The van der Waals surface area contributed by atoms with Gasteiger partial charge < -0.3 is 0 Å². The number of pyridine rings is 1. The van der Waals surface area contributed by atoms with Crippen LogP contribution in [0.3, 0.4) is 0 Å². The first-order chi connectivity index (χ1) is 5.83. The van der Waals surface area contributed by atoms with Crippen LogP contribution < -0.4 is 4.57 Å². The van der Waals surface area contributed by atoms with Crippen LogP contribution in [0.2, 0.25) is 0 Å². The molecule has 66 valence electrons. The van der Waals surface area contributed by atoms with Gasteiger partial charge in [0.2, 0.25) is 0 Å². The van der Waals surface area contributed by atoms with Crippen LogP contribution in [0.15, 0.2) is 30.6 Å². The van der Waals surface area contributed by atoms with E-state index in [1.165, 1.54) is 12.8 Å². The summed E-state index contributed by atoms with van der Waals surface area (Å²) < 4.78 is 2.24. The molecule has 0 saturated heterocycles. The maximum Gasteiger partial charge on any atom is 0.168 e. The van der Waals surface area contributed by atoms with Crippen LogP contribution in [0.5, 0.6) is 0 Å². The second kappa shape index (κ2) is 4.91. The SMILES string of the molecule is CCC(C)CC[n+]1ccccc1. The molecule has 0 aliphatic rings. The molecule has 0 fully saturated rings. The first-order valence-corrected chi connectivity index (χ1v) is 4.77. The molecule has 1 nitrogen and oxygen atoms in total. The largest absolute Gasteiger partial charge is 0.205 e. The third-order valence-electron chi connectivity index (χ3n) is 2.35. The number of nitrogens with zero attached hydrogens (tertiary/aromatic N) is 1. The average molecular weight is 164 g/mol. The van der Waals surface area contributed by atoms with E-state index in [4.69, 9.17) is 0 Å². The van der Waals surface area contributed by atoms with Crippen molar-refractivity contribution in [2.75, 3.05) is 0 Å². The maximum atomic E-state index is 2.31. The summed E-state index contributed by atoms with van der Waals surface area (Å²) >= 11 is 0. The fourth-order valence-electron chi connectivity index (χ4n) is 1.16. The highest BCUT2D eigenvalue weighted by molar-refractivity contribution is 4.83. The monoisotopic (exact) mass is 164 g/mol. The Kier molecular flexibility index (Phi) is 3.78. The third-order valence-corrected chi connectivity index (χ3v) is 2.35. The minimum atomic E-state index is 0.845. The maximum absolute atomic E-state index is 2.31. The lowest BCUT2D eigenvalue weighted by molar-refractivity contribution is -0.698. The Morgan fingerprint density at radius 1 is 1.17 bits per heavy atom. The van der Waals surface area contributed by atoms with Crippen LogP contribution in [-0.4, -0.2) is 0 Å². The summed E-state index contributed by atoms with van der Waals surface area (Å²) in [6, 6.07) is 6.22. The van der Waals surface area contributed by atoms with E-state index in [0.29, 0.717) is 0 Å². The summed E-state index contributed by atoms with van der Waals surface area (Å²) in [6.45, 7) is 5.71. The molecular formula is C11H18N+. The average Bonchev–Trinajstić information content (AvgIpc) is 2.16. The quantitative estimate of drug-likeness (QED) is 0.602. The van der Waals surface area contributed by atoms with Crippen molar-refractivity contribution in [1.82, 2.24) is 0 Å². The molecule has 0 aliphatic carbocycles. The molecule has 0 N–H and O–H groups in total. The van der Waals surface area contributed by atoms with Crippen molar-refractivity contribution >= 4 is 0 Å². The zero-order valence-corrected chi connectivity index (χ0v) is 8.03. The van der Waals surface area contributed by atoms with Gasteiger partial charge in [-0.2, -0.15) is 0 Å². The molecule has 0 aliphatic heterocycles. The molecule has 0 amide bonds. The first-order valence-electron chi connectivity index (χ1n) is 4.77. The second-order valence-electron chi connectivity index (χ2n) is 3.42. The first kappa shape index (κ1) is 9.24. The van der Waals surface area contributed by atoms with Crippen molar-refractivity contribution in [3.63, 3.8) is 0 Å². The smallest absolute Gasteiger partial charge is 0.168 e. The predicted molar refractivity (Wildman–Crippen MR) is 50.7 cm³/mol. The van der Waals surface area contributed by atoms with Crippen molar-refractivity contribution < 1.29 is 4.57 Å². The van der Waals surface area contributed by atoms with Crippen molar-refractivity contribution in [3.05, 3.63) is 30.6 Å². The van der Waals surface area contributed by atoms with E-state index in [9.17, 15) is 0 Å². The summed E-state index contributed by atoms with van der Waals surface area (Å²) in [6.07, 6.45) is 6.82. The van der Waals surface area contributed by atoms with Crippen molar-refractivity contribution in [2.45, 2.75) is 33.2 Å². The van der Waals surface area contributed by atoms with Crippen LogP contribution in [0, 0.1) is 5.92 Å². The van der Waals surface area contributed by atoms with Gasteiger partial charge in [-0.15, -0.1) is 0 Å². The molecular weight excluding hydrogens is 146 g/mol. The Morgan fingerprint density at radius 3 is 2.42 bits per heavy atom. The lowest BCUT2D eigenvalue weighted by Gasteiger charge is -2.03. The lowest BCUT2D eigenvalue weighted by atomic mass is 10.1. The number of hydrogen-bond donors (Lipinski definition) is 0. The van der Waals surface area contributed by atoms with E-state index in [0.717, 1.165) is 12.5 Å². The molecule has 12 heavy (non-hydrogen) atoms. The predicted octanol–water partition coefficient (Wildman–Crippen LogP) is 2.41. The highest BCUT2D eigenvalue weighted by atomic mass is 14.9. The van der Waals surface area contributed by atoms with Crippen molar-refractivity contribution in [3.8, 4) is 0 Å². The summed E-state index contributed by atoms with van der Waals surface area (Å²) in [5.41, 5.74) is 0. The number of rotatable bonds is 4. The van der Waals surface area contributed by atoms with E-state index in [-0.39, 0.29) is 0 Å². The Labute approximate surface area is 75.1 Å². The molecule has 0 radical (unpaired) electrons. The van der Waals surface area contributed by atoms with Gasteiger partial charge in [0.05, 0.1) is 0 Å². The van der Waals surface area contributed by atoms with E-state index >= 15 is 0 Å². The van der Waals surface area contributed by atoms with Crippen LogP contribution in [0.4, 0.5) is 0 Å². The van der Waals surface area contributed by atoms with E-state index in [1.807, 2.05) is 0 Å². The minimum absolute atomic E-state index is 0.845. The van der Waals surface area contributed by atoms with Crippen LogP contribution in [0.25, 0.3) is 0 Å². The Morgan fingerprint density at radius 2 is 1.83 bits per heavy atom. The molecule has 1 heterocycles. The van der Waals surface area contributed by atoms with Gasteiger partial charge in [0.1, 0.15) is 6.54 Å². The molecule has 1 heteroatoms. The number of aromatic nitrogens is 1. The van der Waals surface area contributed by atoms with Gasteiger partial charge >= 0.3 is 0 Å². The Bertz CT molecular complexity index is 206. The summed E-state index contributed by atoms with van der Waals surface area (Å²) in [5.74, 6) is 0.845. The molecule has 1 unspecified atom stereocenters. The topological polar surface area (TPSA) is 3.88 Å². The Balaban J connectivity index is 2.33. The van der Waals surface area contributed by atoms with Gasteiger partial charge in [-0.1, -0.05) is 26.3 Å². The lowest BCUT2D eigenvalue weighted by Crippen LogP contribution is -2.33. The zero-order chi connectivity index (χ0) is 8.81. The van der Waals surface area contributed by atoms with Gasteiger partial charge in [0.25, 0.3) is 0 Å².